The molecule has 0 spiro atoms. The Morgan fingerprint density at radius 3 is 2.19 bits per heavy atom. The normalized spacial score (nSPS) is 12.8. The van der Waals surface area contributed by atoms with Gasteiger partial charge in [0.2, 0.25) is 0 Å². The molecule has 1 atom stereocenters. The highest BCUT2D eigenvalue weighted by atomic mass is 16.5. The maximum absolute atomic E-state index is 9.19. The lowest BCUT2D eigenvalue weighted by molar-refractivity contribution is 0.317. The van der Waals surface area contributed by atoms with Gasteiger partial charge in [-0.25, -0.2) is 0 Å². The molecule has 0 fully saturated rings. The van der Waals surface area contributed by atoms with E-state index in [9.17, 15) is 5.21 Å². The fourth-order valence-electron chi connectivity index (χ4n) is 2.41. The summed E-state index contributed by atoms with van der Waals surface area (Å²) in [7, 11) is 3.21. The summed E-state index contributed by atoms with van der Waals surface area (Å²) < 4.78 is 10.6. The standard InChI is InChI=1S/C17H19NO3/c1-12(18-19)17(13-7-5-4-6-8-13)14-9-10-15(20-2)16(11-14)21-3/h4-11,17,19H,1-3H3/b18-12-. The fourth-order valence-corrected chi connectivity index (χ4v) is 2.41. The second-order valence-electron chi connectivity index (χ2n) is 4.70. The van der Waals surface area contributed by atoms with Crippen molar-refractivity contribution >= 4 is 5.71 Å². The van der Waals surface area contributed by atoms with Crippen molar-refractivity contribution in [2.75, 3.05) is 14.2 Å². The van der Waals surface area contributed by atoms with Gasteiger partial charge >= 0.3 is 0 Å². The number of benzene rings is 2. The van der Waals surface area contributed by atoms with Crippen LogP contribution < -0.4 is 9.47 Å². The van der Waals surface area contributed by atoms with Crippen molar-refractivity contribution < 1.29 is 14.7 Å². The zero-order valence-electron chi connectivity index (χ0n) is 12.4. The number of hydrogen-bond acceptors (Lipinski definition) is 4. The molecule has 2 rings (SSSR count). The molecule has 1 unspecified atom stereocenters. The fraction of sp³-hybridized carbons (Fsp3) is 0.235. The van der Waals surface area contributed by atoms with E-state index in [4.69, 9.17) is 9.47 Å². The van der Waals surface area contributed by atoms with Crippen LogP contribution in [-0.4, -0.2) is 25.1 Å². The number of hydrogen-bond donors (Lipinski definition) is 1. The van der Waals surface area contributed by atoms with Crippen molar-refractivity contribution in [3.05, 3.63) is 59.7 Å². The van der Waals surface area contributed by atoms with Gasteiger partial charge in [-0.3, -0.25) is 0 Å². The molecule has 0 aliphatic heterocycles. The van der Waals surface area contributed by atoms with Crippen LogP contribution in [0, 0.1) is 0 Å². The first kappa shape index (κ1) is 14.9. The van der Waals surface area contributed by atoms with Crippen LogP contribution in [-0.2, 0) is 0 Å². The Balaban J connectivity index is 2.52. The van der Waals surface area contributed by atoms with Crippen molar-refractivity contribution in [2.24, 2.45) is 5.16 Å². The third kappa shape index (κ3) is 3.16. The molecule has 4 nitrogen and oxygen atoms in total. The Hall–Kier alpha value is -2.49. The maximum atomic E-state index is 9.19. The summed E-state index contributed by atoms with van der Waals surface area (Å²) >= 11 is 0. The van der Waals surface area contributed by atoms with Crippen molar-refractivity contribution in [1.29, 1.82) is 0 Å². The molecule has 21 heavy (non-hydrogen) atoms. The van der Waals surface area contributed by atoms with E-state index in [0.29, 0.717) is 17.2 Å². The van der Waals surface area contributed by atoms with E-state index in [1.54, 1.807) is 21.1 Å². The molecule has 0 radical (unpaired) electrons. The first-order chi connectivity index (χ1) is 10.2. The highest BCUT2D eigenvalue weighted by Crippen LogP contribution is 2.34. The molecule has 0 aromatic heterocycles. The maximum Gasteiger partial charge on any atom is 0.161 e. The Kier molecular flexibility index (Phi) is 4.82. The van der Waals surface area contributed by atoms with Gasteiger partial charge in [0.1, 0.15) is 0 Å². The van der Waals surface area contributed by atoms with Gasteiger partial charge in [-0.15, -0.1) is 0 Å². The minimum absolute atomic E-state index is 0.129. The summed E-state index contributed by atoms with van der Waals surface area (Å²) in [5.41, 5.74) is 2.66. The molecule has 2 aromatic carbocycles. The first-order valence-electron chi connectivity index (χ1n) is 6.66. The van der Waals surface area contributed by atoms with Gasteiger partial charge in [-0.1, -0.05) is 41.6 Å². The largest absolute Gasteiger partial charge is 0.493 e. The molecule has 1 N–H and O–H groups in total. The third-order valence-corrected chi connectivity index (χ3v) is 3.45. The monoisotopic (exact) mass is 285 g/mol. The van der Waals surface area contributed by atoms with E-state index >= 15 is 0 Å². The van der Waals surface area contributed by atoms with Crippen LogP contribution >= 0.6 is 0 Å². The second kappa shape index (κ2) is 6.79. The molecular weight excluding hydrogens is 266 g/mol. The van der Waals surface area contributed by atoms with E-state index in [2.05, 4.69) is 5.16 Å². The molecule has 110 valence electrons. The minimum atomic E-state index is -0.129. The number of oxime groups is 1. The average molecular weight is 285 g/mol. The lowest BCUT2D eigenvalue weighted by Gasteiger charge is -2.18. The van der Waals surface area contributed by atoms with Crippen LogP contribution in [0.5, 0.6) is 11.5 Å². The van der Waals surface area contributed by atoms with E-state index in [1.807, 2.05) is 48.5 Å². The van der Waals surface area contributed by atoms with Crippen LogP contribution in [0.15, 0.2) is 53.7 Å². The number of methoxy groups -OCH3 is 2. The third-order valence-electron chi connectivity index (χ3n) is 3.45. The quantitative estimate of drug-likeness (QED) is 0.518. The predicted octanol–water partition coefficient (Wildman–Crippen LogP) is 3.69. The van der Waals surface area contributed by atoms with Gasteiger partial charge in [0.05, 0.1) is 25.8 Å². The lowest BCUT2D eigenvalue weighted by Crippen LogP contribution is -2.11. The Morgan fingerprint density at radius 1 is 0.952 bits per heavy atom. The summed E-state index contributed by atoms with van der Waals surface area (Å²) in [6.45, 7) is 1.80. The summed E-state index contributed by atoms with van der Waals surface area (Å²) in [5.74, 6) is 1.20. The number of ether oxygens (including phenoxy) is 2. The Bertz CT molecular complexity index is 623. The highest BCUT2D eigenvalue weighted by Gasteiger charge is 2.19. The van der Waals surface area contributed by atoms with E-state index in [-0.39, 0.29) is 5.92 Å². The minimum Gasteiger partial charge on any atom is -0.493 e. The molecule has 0 saturated carbocycles. The van der Waals surface area contributed by atoms with Crippen LogP contribution in [0.3, 0.4) is 0 Å². The molecule has 0 saturated heterocycles. The number of rotatable bonds is 5. The van der Waals surface area contributed by atoms with Gasteiger partial charge in [0.15, 0.2) is 11.5 Å². The van der Waals surface area contributed by atoms with Gasteiger partial charge in [-0.2, -0.15) is 0 Å². The van der Waals surface area contributed by atoms with Crippen molar-refractivity contribution in [2.45, 2.75) is 12.8 Å². The van der Waals surface area contributed by atoms with Crippen LogP contribution in [0.4, 0.5) is 0 Å². The van der Waals surface area contributed by atoms with E-state index < -0.39 is 0 Å². The van der Waals surface area contributed by atoms with Gasteiger partial charge in [0, 0.05) is 0 Å². The van der Waals surface area contributed by atoms with Gasteiger partial charge in [0.25, 0.3) is 0 Å². The van der Waals surface area contributed by atoms with E-state index in [1.165, 1.54) is 0 Å². The topological polar surface area (TPSA) is 51.0 Å². The SMILES string of the molecule is COc1ccc(C(/C(C)=N\O)c2ccccc2)cc1OC. The molecule has 4 heteroatoms. The highest BCUT2D eigenvalue weighted by molar-refractivity contribution is 5.91. The molecule has 0 amide bonds. The average Bonchev–Trinajstić information content (AvgIpc) is 2.55. The molecule has 0 bridgehead atoms. The van der Waals surface area contributed by atoms with Crippen molar-refractivity contribution in [3.8, 4) is 11.5 Å². The van der Waals surface area contributed by atoms with Crippen LogP contribution in [0.2, 0.25) is 0 Å². The summed E-state index contributed by atoms with van der Waals surface area (Å²) in [6, 6.07) is 15.6. The second-order valence-corrected chi connectivity index (χ2v) is 4.70. The molecule has 0 aliphatic rings. The first-order valence-corrected chi connectivity index (χ1v) is 6.66. The summed E-state index contributed by atoms with van der Waals surface area (Å²) in [5, 5.41) is 12.6. The number of nitrogens with zero attached hydrogens (tertiary/aromatic N) is 1. The van der Waals surface area contributed by atoms with E-state index in [0.717, 1.165) is 11.1 Å². The molecular formula is C17H19NO3. The lowest BCUT2D eigenvalue weighted by atomic mass is 9.87. The smallest absolute Gasteiger partial charge is 0.161 e. The van der Waals surface area contributed by atoms with Crippen molar-refractivity contribution in [1.82, 2.24) is 0 Å². The Morgan fingerprint density at radius 2 is 1.62 bits per heavy atom. The zero-order valence-corrected chi connectivity index (χ0v) is 12.4. The van der Waals surface area contributed by atoms with Gasteiger partial charge in [-0.05, 0) is 30.2 Å². The summed E-state index contributed by atoms with van der Waals surface area (Å²) in [6.07, 6.45) is 0. The molecule has 0 aliphatic carbocycles. The zero-order chi connectivity index (χ0) is 15.2. The summed E-state index contributed by atoms with van der Waals surface area (Å²) in [4.78, 5) is 0. The predicted molar refractivity (Wildman–Crippen MR) is 82.7 cm³/mol. The van der Waals surface area contributed by atoms with Gasteiger partial charge < -0.3 is 14.7 Å². The van der Waals surface area contributed by atoms with Crippen molar-refractivity contribution in [3.63, 3.8) is 0 Å². The van der Waals surface area contributed by atoms with Crippen LogP contribution in [0.1, 0.15) is 24.0 Å². The molecule has 2 aromatic rings. The molecule has 0 heterocycles. The van der Waals surface area contributed by atoms with Crippen LogP contribution in [0.25, 0.3) is 0 Å². The Labute approximate surface area is 124 Å².